The summed E-state index contributed by atoms with van der Waals surface area (Å²) in [6.07, 6.45) is 14.7. The molecule has 0 aromatic carbocycles. The van der Waals surface area contributed by atoms with Crippen molar-refractivity contribution in [2.75, 3.05) is 0 Å². The first-order valence-corrected chi connectivity index (χ1v) is 7.86. The van der Waals surface area contributed by atoms with Gasteiger partial charge in [-0.25, -0.2) is 0 Å². The number of ketones is 1. The lowest BCUT2D eigenvalue weighted by atomic mass is 9.99. The largest absolute Gasteiger partial charge is 0.337 e. The van der Waals surface area contributed by atoms with Gasteiger partial charge in [0.1, 0.15) is 0 Å². The summed E-state index contributed by atoms with van der Waals surface area (Å²) in [5, 5.41) is 0. The van der Waals surface area contributed by atoms with Crippen LogP contribution in [0.4, 0.5) is 0 Å². The highest BCUT2D eigenvalue weighted by molar-refractivity contribution is 5.82. The molecule has 1 atom stereocenters. The zero-order chi connectivity index (χ0) is 15.9. The molecule has 2 rings (SSSR count). The van der Waals surface area contributed by atoms with Crippen molar-refractivity contribution in [3.63, 3.8) is 0 Å². The van der Waals surface area contributed by atoms with E-state index in [4.69, 9.17) is 0 Å². The highest BCUT2D eigenvalue weighted by Gasteiger charge is 2.25. The number of hydrogen-bond donors (Lipinski definition) is 0. The second kappa shape index (κ2) is 7.74. The predicted octanol–water partition coefficient (Wildman–Crippen LogP) is 4.04. The summed E-state index contributed by atoms with van der Waals surface area (Å²) in [5.41, 5.74) is 3.49. The zero-order valence-electron chi connectivity index (χ0n) is 13.6. The van der Waals surface area contributed by atoms with Crippen LogP contribution in [0.1, 0.15) is 39.2 Å². The van der Waals surface area contributed by atoms with Crippen LogP contribution in [0.15, 0.2) is 60.2 Å². The van der Waals surface area contributed by atoms with E-state index in [9.17, 15) is 4.79 Å². The molecule has 1 aromatic rings. The average Bonchev–Trinajstić information content (AvgIpc) is 2.52. The molecule has 1 aliphatic heterocycles. The molecule has 22 heavy (non-hydrogen) atoms. The van der Waals surface area contributed by atoms with Crippen LogP contribution in [0.5, 0.6) is 0 Å². The Labute approximate surface area is 133 Å². The van der Waals surface area contributed by atoms with Gasteiger partial charge in [0.2, 0.25) is 0 Å². The van der Waals surface area contributed by atoms with Crippen LogP contribution in [0.3, 0.4) is 0 Å². The summed E-state index contributed by atoms with van der Waals surface area (Å²) in [5.74, 6) is 0.179. The van der Waals surface area contributed by atoms with E-state index in [1.54, 1.807) is 19.3 Å². The summed E-state index contributed by atoms with van der Waals surface area (Å²) >= 11 is 0. The lowest BCUT2D eigenvalue weighted by molar-refractivity contribution is -0.120. The Bertz CT molecular complexity index is 599. The van der Waals surface area contributed by atoms with Crippen LogP contribution in [0.2, 0.25) is 0 Å². The van der Waals surface area contributed by atoms with Gasteiger partial charge < -0.3 is 4.90 Å². The molecule has 2 heterocycles. The van der Waals surface area contributed by atoms with Crippen molar-refractivity contribution >= 4 is 5.78 Å². The van der Waals surface area contributed by atoms with Crippen molar-refractivity contribution in [2.45, 2.75) is 46.1 Å². The SMILES string of the molecule is CCC/C=C1\C(C)=CC=CN1C(Cc1ccncc1)C(C)=O. The standard InChI is InChI=1S/C19H24N2O/c1-4-5-8-18-15(2)7-6-13-21(18)19(16(3)22)14-17-9-11-20-12-10-17/h6-13,19H,4-5,14H2,1-3H3/b18-8+. The van der Waals surface area contributed by atoms with E-state index in [0.717, 1.165) is 24.1 Å². The molecule has 3 heteroatoms. The maximum Gasteiger partial charge on any atom is 0.152 e. The van der Waals surface area contributed by atoms with Gasteiger partial charge in [-0.1, -0.05) is 25.5 Å². The first-order valence-electron chi connectivity index (χ1n) is 7.86. The number of aromatic nitrogens is 1. The maximum atomic E-state index is 12.2. The van der Waals surface area contributed by atoms with E-state index < -0.39 is 0 Å². The van der Waals surface area contributed by atoms with E-state index in [0.29, 0.717) is 6.42 Å². The molecule has 0 spiro atoms. The molecule has 0 bridgehead atoms. The zero-order valence-corrected chi connectivity index (χ0v) is 13.6. The predicted molar refractivity (Wildman–Crippen MR) is 90.1 cm³/mol. The lowest BCUT2D eigenvalue weighted by Gasteiger charge is -2.33. The maximum absolute atomic E-state index is 12.2. The fourth-order valence-electron chi connectivity index (χ4n) is 2.65. The van der Waals surface area contributed by atoms with E-state index in [2.05, 4.69) is 35.9 Å². The van der Waals surface area contributed by atoms with Crippen LogP contribution < -0.4 is 0 Å². The first-order chi connectivity index (χ1) is 10.6. The molecule has 0 fully saturated rings. The Balaban J connectivity index is 2.28. The molecule has 1 unspecified atom stereocenters. The van der Waals surface area contributed by atoms with Gasteiger partial charge >= 0.3 is 0 Å². The van der Waals surface area contributed by atoms with Crippen LogP contribution in [0.25, 0.3) is 0 Å². The molecule has 0 saturated heterocycles. The van der Waals surface area contributed by atoms with Gasteiger partial charge in [0.15, 0.2) is 5.78 Å². The van der Waals surface area contributed by atoms with E-state index in [-0.39, 0.29) is 11.8 Å². The Morgan fingerprint density at radius 2 is 2.09 bits per heavy atom. The van der Waals surface area contributed by atoms with Crippen molar-refractivity contribution in [2.24, 2.45) is 0 Å². The molecule has 1 aromatic heterocycles. The molecule has 0 radical (unpaired) electrons. The third kappa shape index (κ3) is 3.94. The monoisotopic (exact) mass is 296 g/mol. The number of Topliss-reactive ketones (excluding diaryl/α,β-unsaturated/α-hetero) is 1. The third-order valence-corrected chi connectivity index (χ3v) is 3.88. The second-order valence-corrected chi connectivity index (χ2v) is 5.66. The van der Waals surface area contributed by atoms with Crippen LogP contribution >= 0.6 is 0 Å². The lowest BCUT2D eigenvalue weighted by Crippen LogP contribution is -2.38. The molecule has 0 aliphatic carbocycles. The highest BCUT2D eigenvalue weighted by atomic mass is 16.1. The number of hydrogen-bond acceptors (Lipinski definition) is 3. The number of pyridine rings is 1. The molecular weight excluding hydrogens is 272 g/mol. The van der Waals surface area contributed by atoms with E-state index in [1.807, 2.05) is 24.4 Å². The summed E-state index contributed by atoms with van der Waals surface area (Å²) < 4.78 is 0. The van der Waals surface area contributed by atoms with Crippen molar-refractivity contribution in [1.29, 1.82) is 0 Å². The van der Waals surface area contributed by atoms with Gasteiger partial charge in [0, 0.05) is 30.7 Å². The second-order valence-electron chi connectivity index (χ2n) is 5.66. The van der Waals surface area contributed by atoms with Gasteiger partial charge in [-0.05, 0) is 49.6 Å². The quantitative estimate of drug-likeness (QED) is 0.794. The van der Waals surface area contributed by atoms with Crippen LogP contribution in [-0.4, -0.2) is 21.7 Å². The number of carbonyl (C=O) groups is 1. The van der Waals surface area contributed by atoms with Gasteiger partial charge in [-0.3, -0.25) is 9.78 Å². The third-order valence-electron chi connectivity index (χ3n) is 3.88. The van der Waals surface area contributed by atoms with Gasteiger partial charge in [-0.2, -0.15) is 0 Å². The molecular formula is C19H24N2O. The summed E-state index contributed by atoms with van der Waals surface area (Å²) in [6, 6.07) is 3.77. The van der Waals surface area contributed by atoms with Gasteiger partial charge in [-0.15, -0.1) is 0 Å². The molecule has 0 N–H and O–H groups in total. The Kier molecular flexibility index (Phi) is 5.70. The molecule has 0 saturated carbocycles. The minimum Gasteiger partial charge on any atom is -0.337 e. The molecule has 3 nitrogen and oxygen atoms in total. The Morgan fingerprint density at radius 1 is 1.36 bits per heavy atom. The van der Waals surface area contributed by atoms with Gasteiger partial charge in [0.05, 0.1) is 6.04 Å². The smallest absolute Gasteiger partial charge is 0.152 e. The van der Waals surface area contributed by atoms with Crippen molar-refractivity contribution < 1.29 is 4.79 Å². The van der Waals surface area contributed by atoms with Gasteiger partial charge in [0.25, 0.3) is 0 Å². The van der Waals surface area contributed by atoms with E-state index >= 15 is 0 Å². The van der Waals surface area contributed by atoms with Crippen molar-refractivity contribution in [1.82, 2.24) is 9.88 Å². The summed E-state index contributed by atoms with van der Waals surface area (Å²) in [4.78, 5) is 18.4. The number of nitrogens with zero attached hydrogens (tertiary/aromatic N) is 2. The molecule has 116 valence electrons. The topological polar surface area (TPSA) is 33.2 Å². The first kappa shape index (κ1) is 16.2. The van der Waals surface area contributed by atoms with Crippen LogP contribution in [0, 0.1) is 0 Å². The highest BCUT2D eigenvalue weighted by Crippen LogP contribution is 2.25. The number of carbonyl (C=O) groups excluding carboxylic acids is 1. The number of rotatable bonds is 6. The van der Waals surface area contributed by atoms with Crippen LogP contribution in [-0.2, 0) is 11.2 Å². The average molecular weight is 296 g/mol. The minimum absolute atomic E-state index is 0.176. The normalized spacial score (nSPS) is 17.5. The fourth-order valence-corrected chi connectivity index (χ4v) is 2.65. The Hall–Kier alpha value is -2.16. The van der Waals surface area contributed by atoms with Crippen molar-refractivity contribution in [3.05, 3.63) is 65.8 Å². The Morgan fingerprint density at radius 3 is 2.73 bits per heavy atom. The summed E-state index contributed by atoms with van der Waals surface area (Å²) in [6.45, 7) is 5.94. The number of allylic oxidation sites excluding steroid dienone is 4. The molecule has 0 amide bonds. The molecule has 1 aliphatic rings. The number of unbranched alkanes of at least 4 members (excludes halogenated alkanes) is 1. The minimum atomic E-state index is -0.176. The summed E-state index contributed by atoms with van der Waals surface area (Å²) in [7, 11) is 0. The van der Waals surface area contributed by atoms with Crippen molar-refractivity contribution in [3.8, 4) is 0 Å². The van der Waals surface area contributed by atoms with E-state index in [1.165, 1.54) is 5.57 Å². The fraction of sp³-hybridized carbons (Fsp3) is 0.368.